The maximum Gasteiger partial charge on any atom is 0.335 e. The highest BCUT2D eigenvalue weighted by atomic mass is 28.4. The van der Waals surface area contributed by atoms with Crippen LogP contribution < -0.4 is 0 Å². The first-order valence-electron chi connectivity index (χ1n) is 3.40. The third-order valence-corrected chi connectivity index (χ3v) is 1.85. The molecule has 3 nitrogen and oxygen atoms in total. The zero-order valence-electron chi connectivity index (χ0n) is 7.22. The van der Waals surface area contributed by atoms with Gasteiger partial charge in [-0.15, -0.1) is 0 Å². The van der Waals surface area contributed by atoms with E-state index in [1.54, 1.807) is 0 Å². The van der Waals surface area contributed by atoms with Crippen molar-refractivity contribution in [3.05, 3.63) is 12.8 Å². The van der Waals surface area contributed by atoms with Crippen molar-refractivity contribution in [2.45, 2.75) is 19.6 Å². The summed E-state index contributed by atoms with van der Waals surface area (Å²) in [6.07, 6.45) is 1.11. The third kappa shape index (κ3) is 7.28. The second-order valence-electron chi connectivity index (χ2n) is 3.06. The number of carbonyl (C=O) groups is 1. The quantitative estimate of drug-likeness (QED) is 0.368. The van der Waals surface area contributed by atoms with Gasteiger partial charge >= 0.3 is 5.97 Å². The van der Waals surface area contributed by atoms with E-state index in [-0.39, 0.29) is 12.6 Å². The molecule has 0 amide bonds. The lowest BCUT2D eigenvalue weighted by Gasteiger charge is -2.15. The maximum atomic E-state index is 10.7. The molecule has 11 heavy (non-hydrogen) atoms. The smallest absolute Gasteiger partial charge is 0.335 e. The minimum atomic E-state index is -1.58. The van der Waals surface area contributed by atoms with Crippen LogP contribution in [0.4, 0.5) is 0 Å². The average Bonchev–Trinajstić information content (AvgIpc) is 1.83. The molecule has 0 atom stereocenters. The zero-order valence-corrected chi connectivity index (χ0v) is 8.22. The number of esters is 1. The van der Waals surface area contributed by atoms with Gasteiger partial charge in [-0.3, -0.25) is 0 Å². The van der Waals surface area contributed by atoms with Gasteiger partial charge in [0.2, 0.25) is 0 Å². The first-order valence-corrected chi connectivity index (χ1v) is 6.81. The van der Waals surface area contributed by atoms with Gasteiger partial charge in [0, 0.05) is 0 Å². The Morgan fingerprint density at radius 2 is 2.09 bits per heavy atom. The van der Waals surface area contributed by atoms with Crippen LogP contribution in [0, 0.1) is 0 Å². The first-order chi connectivity index (χ1) is 4.95. The minimum absolute atomic E-state index is 0.0295. The summed E-state index contributed by atoms with van der Waals surface area (Å²) in [5, 5.41) is 0. The monoisotopic (exact) mass is 174 g/mol. The number of rotatable bonds is 4. The summed E-state index contributed by atoms with van der Waals surface area (Å²) in [5.41, 5.74) is 0. The Kier molecular flexibility index (Phi) is 4.06. The SMILES string of the molecule is C=COC(=O)CO[Si](C)(C)C. The van der Waals surface area contributed by atoms with E-state index in [1.165, 1.54) is 0 Å². The normalized spacial score (nSPS) is 10.8. The molecule has 64 valence electrons. The van der Waals surface area contributed by atoms with E-state index in [9.17, 15) is 4.79 Å². The third-order valence-electron chi connectivity index (χ3n) is 0.838. The van der Waals surface area contributed by atoms with Crippen molar-refractivity contribution in [3.63, 3.8) is 0 Å². The van der Waals surface area contributed by atoms with Crippen LogP contribution in [0.3, 0.4) is 0 Å². The lowest BCUT2D eigenvalue weighted by Crippen LogP contribution is -2.28. The fourth-order valence-corrected chi connectivity index (χ4v) is 0.953. The van der Waals surface area contributed by atoms with Crippen molar-refractivity contribution in [2.24, 2.45) is 0 Å². The Bertz CT molecular complexity index is 148. The highest BCUT2D eigenvalue weighted by molar-refractivity contribution is 6.69. The summed E-state index contributed by atoms with van der Waals surface area (Å²) in [7, 11) is -1.58. The van der Waals surface area contributed by atoms with E-state index in [4.69, 9.17) is 4.43 Å². The molecule has 0 heterocycles. The molecule has 0 bridgehead atoms. The number of hydrogen-bond acceptors (Lipinski definition) is 3. The van der Waals surface area contributed by atoms with Crippen molar-refractivity contribution in [1.29, 1.82) is 0 Å². The highest BCUT2D eigenvalue weighted by Gasteiger charge is 2.16. The molecule has 0 unspecified atom stereocenters. The van der Waals surface area contributed by atoms with Gasteiger partial charge in [-0.25, -0.2) is 4.79 Å². The van der Waals surface area contributed by atoms with E-state index in [0.717, 1.165) is 6.26 Å². The summed E-state index contributed by atoms with van der Waals surface area (Å²) in [6, 6.07) is 0. The largest absolute Gasteiger partial charge is 0.433 e. The van der Waals surface area contributed by atoms with E-state index in [2.05, 4.69) is 11.3 Å². The van der Waals surface area contributed by atoms with Crippen LogP contribution in [0.1, 0.15) is 0 Å². The maximum absolute atomic E-state index is 10.7. The van der Waals surface area contributed by atoms with Crippen LogP contribution in [-0.4, -0.2) is 20.9 Å². The van der Waals surface area contributed by atoms with E-state index in [0.29, 0.717) is 0 Å². The zero-order chi connectivity index (χ0) is 8.91. The molecule has 4 heteroatoms. The molecule has 0 aromatic heterocycles. The van der Waals surface area contributed by atoms with Crippen LogP contribution >= 0.6 is 0 Å². The van der Waals surface area contributed by atoms with E-state index >= 15 is 0 Å². The topological polar surface area (TPSA) is 35.5 Å². The van der Waals surface area contributed by atoms with Crippen molar-refractivity contribution in [1.82, 2.24) is 0 Å². The number of hydrogen-bond donors (Lipinski definition) is 0. The molecule has 0 spiro atoms. The molecule has 0 fully saturated rings. The highest BCUT2D eigenvalue weighted by Crippen LogP contribution is 2.01. The Balaban J connectivity index is 3.54. The average molecular weight is 174 g/mol. The van der Waals surface area contributed by atoms with Gasteiger partial charge in [0.05, 0.1) is 6.26 Å². The van der Waals surface area contributed by atoms with Crippen LogP contribution in [-0.2, 0) is 14.0 Å². The molecule has 0 aromatic carbocycles. The second-order valence-corrected chi connectivity index (χ2v) is 7.57. The summed E-state index contributed by atoms with van der Waals surface area (Å²) in [5.74, 6) is -0.387. The minimum Gasteiger partial charge on any atom is -0.433 e. The summed E-state index contributed by atoms with van der Waals surface area (Å²) >= 11 is 0. The van der Waals surface area contributed by atoms with E-state index in [1.807, 2.05) is 19.6 Å². The Hall–Kier alpha value is -0.613. The summed E-state index contributed by atoms with van der Waals surface area (Å²) in [4.78, 5) is 10.7. The predicted molar refractivity (Wildman–Crippen MR) is 45.6 cm³/mol. The van der Waals surface area contributed by atoms with Crippen LogP contribution in [0.5, 0.6) is 0 Å². The second kappa shape index (κ2) is 4.30. The van der Waals surface area contributed by atoms with Crippen LogP contribution in [0.25, 0.3) is 0 Å². The molecule has 0 rings (SSSR count). The molecule has 0 aliphatic rings. The molecular weight excluding hydrogens is 160 g/mol. The molecule has 0 saturated carbocycles. The molecular formula is C7H14O3Si. The van der Waals surface area contributed by atoms with Gasteiger partial charge in [-0.05, 0) is 19.6 Å². The van der Waals surface area contributed by atoms with Crippen molar-refractivity contribution >= 4 is 14.3 Å². The molecule has 0 saturated heterocycles. The van der Waals surface area contributed by atoms with Gasteiger partial charge < -0.3 is 9.16 Å². The summed E-state index contributed by atoms with van der Waals surface area (Å²) < 4.78 is 9.72. The fourth-order valence-electron chi connectivity index (χ4n) is 0.402. The predicted octanol–water partition coefficient (Wildman–Crippen LogP) is 1.52. The number of ether oxygens (including phenoxy) is 1. The molecule has 0 aliphatic heterocycles. The van der Waals surface area contributed by atoms with Gasteiger partial charge in [0.15, 0.2) is 8.32 Å². The van der Waals surface area contributed by atoms with Crippen molar-refractivity contribution in [3.8, 4) is 0 Å². The number of carbonyl (C=O) groups excluding carboxylic acids is 1. The first kappa shape index (κ1) is 10.4. The van der Waals surface area contributed by atoms with Crippen LogP contribution in [0.2, 0.25) is 19.6 Å². The van der Waals surface area contributed by atoms with Crippen LogP contribution in [0.15, 0.2) is 12.8 Å². The molecule has 0 aliphatic carbocycles. The molecule has 0 N–H and O–H groups in total. The van der Waals surface area contributed by atoms with E-state index < -0.39 is 8.32 Å². The standard InChI is InChI=1S/C7H14O3Si/c1-5-9-7(8)6-10-11(2,3)4/h5H,1,6H2,2-4H3. The van der Waals surface area contributed by atoms with Gasteiger partial charge in [-0.1, -0.05) is 6.58 Å². The van der Waals surface area contributed by atoms with Gasteiger partial charge in [-0.2, -0.15) is 0 Å². The van der Waals surface area contributed by atoms with Gasteiger partial charge in [0.25, 0.3) is 0 Å². The fraction of sp³-hybridized carbons (Fsp3) is 0.571. The lowest BCUT2D eigenvalue weighted by molar-refractivity contribution is -0.140. The Labute approximate surface area is 68.1 Å². The lowest BCUT2D eigenvalue weighted by atomic mass is 10.7. The van der Waals surface area contributed by atoms with Crippen molar-refractivity contribution < 1.29 is 14.0 Å². The molecule has 0 aromatic rings. The van der Waals surface area contributed by atoms with Gasteiger partial charge in [0.1, 0.15) is 6.61 Å². The van der Waals surface area contributed by atoms with Crippen molar-refractivity contribution in [2.75, 3.05) is 6.61 Å². The summed E-state index contributed by atoms with van der Waals surface area (Å²) in [6.45, 7) is 9.31. The Morgan fingerprint density at radius 1 is 1.55 bits per heavy atom. The molecule has 0 radical (unpaired) electrons. The Morgan fingerprint density at radius 3 is 2.45 bits per heavy atom.